The molecule has 10 heteroatoms. The van der Waals surface area contributed by atoms with Crippen LogP contribution < -0.4 is 10.2 Å². The molecule has 1 aromatic heterocycles. The van der Waals surface area contributed by atoms with Gasteiger partial charge in [-0.05, 0) is 48.4 Å². The molecule has 3 aromatic rings. The van der Waals surface area contributed by atoms with E-state index in [1.165, 1.54) is 11.3 Å². The van der Waals surface area contributed by atoms with Gasteiger partial charge < -0.3 is 15.3 Å². The van der Waals surface area contributed by atoms with Crippen LogP contribution in [0.15, 0.2) is 48.5 Å². The Morgan fingerprint density at radius 2 is 1.86 bits per heavy atom. The van der Waals surface area contributed by atoms with E-state index in [9.17, 15) is 14.7 Å². The van der Waals surface area contributed by atoms with Crippen LogP contribution in [0.4, 0.5) is 10.8 Å². The fourth-order valence-corrected chi connectivity index (χ4v) is 5.05. The van der Waals surface area contributed by atoms with Crippen LogP contribution in [0, 0.1) is 5.92 Å². The van der Waals surface area contributed by atoms with Gasteiger partial charge in [-0.2, -0.15) is 0 Å². The molecule has 0 spiro atoms. The van der Waals surface area contributed by atoms with E-state index in [0.717, 1.165) is 47.8 Å². The van der Waals surface area contributed by atoms with Gasteiger partial charge in [0.05, 0.1) is 12.5 Å². The van der Waals surface area contributed by atoms with Crippen molar-refractivity contribution in [3.63, 3.8) is 0 Å². The standard InChI is InChI=1S/C26H30ClN5O3S/c1-2-31(13-14-33)16-19-5-10-22(11-6-19)32-17-20(15-24(32)34)25(35)28-26-30-29-23(36-26)12-7-18-3-8-21(27)9-4-18/h3-6,8-11,20,33H,2,7,12-17H2,1H3,(H,28,30,35). The molecule has 2 heterocycles. The molecule has 0 bridgehead atoms. The molecule has 0 radical (unpaired) electrons. The minimum absolute atomic E-state index is 0.0701. The molecule has 2 amide bonds. The average molecular weight is 528 g/mol. The van der Waals surface area contributed by atoms with Gasteiger partial charge in [-0.1, -0.05) is 54.1 Å². The first-order valence-corrected chi connectivity index (χ1v) is 13.2. The number of benzene rings is 2. The zero-order chi connectivity index (χ0) is 25.5. The number of aromatic nitrogens is 2. The van der Waals surface area contributed by atoms with Crippen LogP contribution in [-0.2, 0) is 29.0 Å². The number of hydrogen-bond acceptors (Lipinski definition) is 7. The highest BCUT2D eigenvalue weighted by molar-refractivity contribution is 7.15. The number of amides is 2. The second-order valence-electron chi connectivity index (χ2n) is 8.78. The highest BCUT2D eigenvalue weighted by atomic mass is 35.5. The summed E-state index contributed by atoms with van der Waals surface area (Å²) >= 11 is 7.28. The number of nitrogens with one attached hydrogen (secondary N) is 1. The van der Waals surface area contributed by atoms with E-state index >= 15 is 0 Å². The Hall–Kier alpha value is -2.85. The molecular formula is C26H30ClN5O3S. The minimum atomic E-state index is -0.446. The molecule has 2 aromatic carbocycles. The first-order chi connectivity index (χ1) is 17.4. The lowest BCUT2D eigenvalue weighted by atomic mass is 10.1. The summed E-state index contributed by atoms with van der Waals surface area (Å²) in [5.74, 6) is -0.733. The van der Waals surface area contributed by atoms with Gasteiger partial charge in [0.25, 0.3) is 0 Å². The molecule has 1 saturated heterocycles. The molecule has 0 aliphatic carbocycles. The van der Waals surface area contributed by atoms with Crippen LogP contribution in [-0.4, -0.2) is 58.3 Å². The molecular weight excluding hydrogens is 498 g/mol. The molecule has 1 unspecified atom stereocenters. The highest BCUT2D eigenvalue weighted by Gasteiger charge is 2.35. The molecule has 1 aliphatic rings. The smallest absolute Gasteiger partial charge is 0.231 e. The lowest BCUT2D eigenvalue weighted by Crippen LogP contribution is -2.28. The number of carbonyl (C=O) groups excluding carboxylic acids is 2. The first kappa shape index (κ1) is 26.2. The summed E-state index contributed by atoms with van der Waals surface area (Å²) in [4.78, 5) is 29.3. The zero-order valence-electron chi connectivity index (χ0n) is 20.2. The van der Waals surface area contributed by atoms with Crippen molar-refractivity contribution in [1.29, 1.82) is 0 Å². The van der Waals surface area contributed by atoms with Gasteiger partial charge in [0.1, 0.15) is 5.01 Å². The van der Waals surface area contributed by atoms with Crippen molar-refractivity contribution in [3.05, 3.63) is 69.7 Å². The fraction of sp³-hybridized carbons (Fsp3) is 0.385. The normalized spacial score (nSPS) is 15.6. The van der Waals surface area contributed by atoms with Crippen LogP contribution in [0.25, 0.3) is 0 Å². The molecule has 2 N–H and O–H groups in total. The van der Waals surface area contributed by atoms with Crippen LogP contribution >= 0.6 is 22.9 Å². The molecule has 1 fully saturated rings. The molecule has 190 valence electrons. The number of hydrogen-bond donors (Lipinski definition) is 2. The van der Waals surface area contributed by atoms with Crippen LogP contribution in [0.5, 0.6) is 0 Å². The summed E-state index contributed by atoms with van der Waals surface area (Å²) in [5, 5.41) is 22.3. The molecule has 1 aliphatic heterocycles. The molecule has 8 nitrogen and oxygen atoms in total. The van der Waals surface area contributed by atoms with Gasteiger partial charge in [0, 0.05) is 43.2 Å². The number of carbonyl (C=O) groups is 2. The number of aliphatic hydroxyl groups is 1. The van der Waals surface area contributed by atoms with Gasteiger partial charge in [-0.25, -0.2) is 0 Å². The quantitative estimate of drug-likeness (QED) is 0.394. The topological polar surface area (TPSA) is 98.7 Å². The SMILES string of the molecule is CCN(CCO)Cc1ccc(N2CC(C(=O)Nc3nnc(CCc4ccc(Cl)cc4)s3)CC2=O)cc1. The third kappa shape index (κ3) is 6.88. The van der Waals surface area contributed by atoms with E-state index < -0.39 is 5.92 Å². The summed E-state index contributed by atoms with van der Waals surface area (Å²) in [6.45, 7) is 4.72. The molecule has 36 heavy (non-hydrogen) atoms. The Morgan fingerprint density at radius 1 is 1.14 bits per heavy atom. The van der Waals surface area contributed by atoms with Gasteiger partial charge in [0.2, 0.25) is 16.9 Å². The third-order valence-corrected chi connectivity index (χ3v) is 7.40. The third-order valence-electron chi connectivity index (χ3n) is 6.25. The van der Waals surface area contributed by atoms with Crippen LogP contribution in [0.1, 0.15) is 29.5 Å². The van der Waals surface area contributed by atoms with E-state index in [0.29, 0.717) is 23.2 Å². The monoisotopic (exact) mass is 527 g/mol. The Bertz CT molecular complexity index is 1170. The summed E-state index contributed by atoms with van der Waals surface area (Å²) in [7, 11) is 0. The molecule has 1 atom stereocenters. The van der Waals surface area contributed by atoms with E-state index in [1.54, 1.807) is 4.90 Å². The summed E-state index contributed by atoms with van der Waals surface area (Å²) < 4.78 is 0. The number of aliphatic hydroxyl groups excluding tert-OH is 1. The number of halogens is 1. The van der Waals surface area contributed by atoms with Crippen molar-refractivity contribution in [2.24, 2.45) is 5.92 Å². The van der Waals surface area contributed by atoms with Crippen molar-refractivity contribution >= 4 is 45.6 Å². The predicted octanol–water partition coefficient (Wildman–Crippen LogP) is 3.78. The van der Waals surface area contributed by atoms with Crippen LogP contribution in [0.3, 0.4) is 0 Å². The van der Waals surface area contributed by atoms with Gasteiger partial charge in [-0.3, -0.25) is 14.5 Å². The van der Waals surface area contributed by atoms with Crippen molar-refractivity contribution < 1.29 is 14.7 Å². The van der Waals surface area contributed by atoms with E-state index in [2.05, 4.69) is 27.3 Å². The Morgan fingerprint density at radius 3 is 2.56 bits per heavy atom. The molecule has 0 saturated carbocycles. The van der Waals surface area contributed by atoms with Crippen molar-refractivity contribution in [2.45, 2.75) is 32.7 Å². The number of likely N-dealkylation sites (N-methyl/N-ethyl adjacent to an activating group) is 1. The largest absolute Gasteiger partial charge is 0.395 e. The lowest BCUT2D eigenvalue weighted by molar-refractivity contribution is -0.122. The number of anilines is 2. The van der Waals surface area contributed by atoms with Crippen molar-refractivity contribution in [1.82, 2.24) is 15.1 Å². The maximum atomic E-state index is 12.8. The minimum Gasteiger partial charge on any atom is -0.395 e. The van der Waals surface area contributed by atoms with Gasteiger partial charge in [-0.15, -0.1) is 10.2 Å². The Labute approximate surface area is 219 Å². The maximum absolute atomic E-state index is 12.8. The number of nitrogens with zero attached hydrogens (tertiary/aromatic N) is 4. The van der Waals surface area contributed by atoms with Gasteiger partial charge in [0.15, 0.2) is 0 Å². The van der Waals surface area contributed by atoms with Crippen molar-refractivity contribution in [3.8, 4) is 0 Å². The molecule has 4 rings (SSSR count). The lowest BCUT2D eigenvalue weighted by Gasteiger charge is -2.20. The first-order valence-electron chi connectivity index (χ1n) is 12.1. The second-order valence-corrected chi connectivity index (χ2v) is 10.3. The Kier molecular flexibility index (Phi) is 9.03. The second kappa shape index (κ2) is 12.4. The van der Waals surface area contributed by atoms with Crippen LogP contribution in [0.2, 0.25) is 5.02 Å². The average Bonchev–Trinajstić information content (AvgIpc) is 3.50. The van der Waals surface area contributed by atoms with Crippen molar-refractivity contribution in [2.75, 3.05) is 36.5 Å². The fourth-order valence-electron chi connectivity index (χ4n) is 4.18. The maximum Gasteiger partial charge on any atom is 0.231 e. The zero-order valence-corrected chi connectivity index (χ0v) is 21.8. The Balaban J connectivity index is 1.29. The van der Waals surface area contributed by atoms with E-state index in [-0.39, 0.29) is 24.8 Å². The van der Waals surface area contributed by atoms with E-state index in [1.807, 2.05) is 48.5 Å². The van der Waals surface area contributed by atoms with Gasteiger partial charge >= 0.3 is 0 Å². The number of aryl methyl sites for hydroxylation is 2. The predicted molar refractivity (Wildman–Crippen MR) is 142 cm³/mol. The highest BCUT2D eigenvalue weighted by Crippen LogP contribution is 2.27. The van der Waals surface area contributed by atoms with E-state index in [4.69, 9.17) is 11.6 Å². The summed E-state index contributed by atoms with van der Waals surface area (Å²) in [6.07, 6.45) is 1.69. The summed E-state index contributed by atoms with van der Waals surface area (Å²) in [6, 6.07) is 15.5. The number of rotatable bonds is 11. The summed E-state index contributed by atoms with van der Waals surface area (Å²) in [5.41, 5.74) is 3.05.